The predicted octanol–water partition coefficient (Wildman–Crippen LogP) is 6.88. The van der Waals surface area contributed by atoms with E-state index in [1.807, 2.05) is 11.3 Å². The molecule has 2 heterocycles. The second kappa shape index (κ2) is 6.15. The molecule has 126 valence electrons. The van der Waals surface area contributed by atoms with Crippen LogP contribution in [0.25, 0.3) is 31.4 Å². The molecule has 0 radical (unpaired) electrons. The quantitative estimate of drug-likeness (QED) is 0.333. The van der Waals surface area contributed by atoms with E-state index in [-0.39, 0.29) is 0 Å². The Morgan fingerprint density at radius 1 is 0.769 bits per heavy atom. The maximum absolute atomic E-state index is 2.48. The number of nitrogens with zero attached hydrogens (tertiary/aromatic N) is 1. The standard InChI is InChI=1S/C24H19NS/c1-17-24-22(20-14-8-9-15-21(20)26-24)23(19-12-6-3-7-13-19)25(17)16-18-10-4-2-5-11-18/h2-15H,16H2,1H3. The second-order valence-corrected chi connectivity index (χ2v) is 7.73. The van der Waals surface area contributed by atoms with Crippen molar-refractivity contribution >= 4 is 31.5 Å². The molecule has 0 N–H and O–H groups in total. The van der Waals surface area contributed by atoms with Crippen molar-refractivity contribution in [2.45, 2.75) is 13.5 Å². The SMILES string of the molecule is Cc1c2sc3ccccc3c2c(-c2ccccc2)n1Cc1ccccc1. The van der Waals surface area contributed by atoms with Gasteiger partial charge in [-0.15, -0.1) is 11.3 Å². The van der Waals surface area contributed by atoms with Crippen molar-refractivity contribution in [2.75, 3.05) is 0 Å². The third-order valence-electron chi connectivity index (χ3n) is 5.07. The summed E-state index contributed by atoms with van der Waals surface area (Å²) in [6.45, 7) is 3.15. The van der Waals surface area contributed by atoms with Gasteiger partial charge in [-0.2, -0.15) is 0 Å². The summed E-state index contributed by atoms with van der Waals surface area (Å²) in [4.78, 5) is 0. The highest BCUT2D eigenvalue weighted by atomic mass is 32.1. The topological polar surface area (TPSA) is 4.93 Å². The Hall–Kier alpha value is -2.84. The summed E-state index contributed by atoms with van der Waals surface area (Å²) in [6, 6.07) is 30.3. The molecule has 2 heteroatoms. The average Bonchev–Trinajstić information content (AvgIpc) is 3.19. The Morgan fingerprint density at radius 2 is 1.42 bits per heavy atom. The Kier molecular flexibility index (Phi) is 3.65. The van der Waals surface area contributed by atoms with E-state index in [0.29, 0.717) is 0 Å². The molecule has 0 spiro atoms. The molecule has 26 heavy (non-hydrogen) atoms. The summed E-state index contributed by atoms with van der Waals surface area (Å²) in [6.07, 6.45) is 0. The van der Waals surface area contributed by atoms with Gasteiger partial charge >= 0.3 is 0 Å². The predicted molar refractivity (Wildman–Crippen MR) is 113 cm³/mol. The van der Waals surface area contributed by atoms with Crippen LogP contribution in [0.3, 0.4) is 0 Å². The van der Waals surface area contributed by atoms with Gasteiger partial charge in [-0.3, -0.25) is 0 Å². The van der Waals surface area contributed by atoms with Gasteiger partial charge in [-0.05, 0) is 24.1 Å². The van der Waals surface area contributed by atoms with Gasteiger partial charge in [0.05, 0.1) is 10.4 Å². The van der Waals surface area contributed by atoms with E-state index in [1.165, 1.54) is 42.7 Å². The smallest absolute Gasteiger partial charge is 0.0580 e. The summed E-state index contributed by atoms with van der Waals surface area (Å²) in [7, 11) is 0. The van der Waals surface area contributed by atoms with E-state index in [9.17, 15) is 0 Å². The van der Waals surface area contributed by atoms with Gasteiger partial charge in [-0.25, -0.2) is 0 Å². The van der Waals surface area contributed by atoms with E-state index < -0.39 is 0 Å². The molecule has 2 aromatic heterocycles. The number of fused-ring (bicyclic) bond motifs is 3. The molecule has 0 aliphatic carbocycles. The summed E-state index contributed by atoms with van der Waals surface area (Å²) < 4.78 is 5.25. The lowest BCUT2D eigenvalue weighted by atomic mass is 10.1. The second-order valence-electron chi connectivity index (χ2n) is 6.67. The highest BCUT2D eigenvalue weighted by Gasteiger charge is 2.20. The fraction of sp³-hybridized carbons (Fsp3) is 0.0833. The third-order valence-corrected chi connectivity index (χ3v) is 6.35. The minimum Gasteiger partial charge on any atom is -0.338 e. The van der Waals surface area contributed by atoms with Crippen LogP contribution in [0.5, 0.6) is 0 Å². The molecule has 0 fully saturated rings. The fourth-order valence-corrected chi connectivity index (χ4v) is 5.03. The van der Waals surface area contributed by atoms with Crippen LogP contribution in [-0.4, -0.2) is 4.57 Å². The van der Waals surface area contributed by atoms with E-state index in [1.54, 1.807) is 0 Å². The first-order valence-electron chi connectivity index (χ1n) is 8.92. The minimum atomic E-state index is 0.895. The molecular weight excluding hydrogens is 334 g/mol. The molecule has 0 bridgehead atoms. The largest absolute Gasteiger partial charge is 0.338 e. The molecule has 5 aromatic rings. The van der Waals surface area contributed by atoms with Crippen molar-refractivity contribution in [2.24, 2.45) is 0 Å². The summed E-state index contributed by atoms with van der Waals surface area (Å²) in [5.74, 6) is 0. The van der Waals surface area contributed by atoms with Gasteiger partial charge in [0, 0.05) is 27.7 Å². The Bertz CT molecular complexity index is 1200. The average molecular weight is 353 g/mol. The highest BCUT2D eigenvalue weighted by molar-refractivity contribution is 7.26. The number of benzene rings is 3. The molecular formula is C24H19NS. The van der Waals surface area contributed by atoms with E-state index >= 15 is 0 Å². The van der Waals surface area contributed by atoms with Gasteiger partial charge in [0.2, 0.25) is 0 Å². The monoisotopic (exact) mass is 353 g/mol. The van der Waals surface area contributed by atoms with Crippen molar-refractivity contribution < 1.29 is 0 Å². The number of aryl methyl sites for hydroxylation is 1. The fourth-order valence-electron chi connectivity index (χ4n) is 3.82. The highest BCUT2D eigenvalue weighted by Crippen LogP contribution is 2.43. The van der Waals surface area contributed by atoms with Crippen LogP contribution in [0.15, 0.2) is 84.9 Å². The van der Waals surface area contributed by atoms with Gasteiger partial charge in [0.15, 0.2) is 0 Å². The number of hydrogen-bond donors (Lipinski definition) is 0. The molecule has 0 amide bonds. The van der Waals surface area contributed by atoms with Gasteiger partial charge < -0.3 is 4.57 Å². The van der Waals surface area contributed by atoms with Crippen molar-refractivity contribution in [3.8, 4) is 11.3 Å². The third kappa shape index (κ3) is 2.38. The molecule has 0 saturated heterocycles. The summed E-state index contributed by atoms with van der Waals surface area (Å²) >= 11 is 1.91. The number of aromatic nitrogens is 1. The molecule has 0 aliphatic rings. The lowest BCUT2D eigenvalue weighted by molar-refractivity contribution is 0.789. The summed E-state index contributed by atoms with van der Waals surface area (Å²) in [5.41, 5.74) is 5.30. The van der Waals surface area contributed by atoms with Gasteiger partial charge in [-0.1, -0.05) is 78.9 Å². The maximum atomic E-state index is 2.48. The molecule has 3 aromatic carbocycles. The van der Waals surface area contributed by atoms with Crippen molar-refractivity contribution in [3.63, 3.8) is 0 Å². The lowest BCUT2D eigenvalue weighted by Crippen LogP contribution is -2.03. The van der Waals surface area contributed by atoms with Gasteiger partial charge in [0.1, 0.15) is 0 Å². The van der Waals surface area contributed by atoms with Crippen LogP contribution < -0.4 is 0 Å². The van der Waals surface area contributed by atoms with Crippen LogP contribution >= 0.6 is 11.3 Å². The number of rotatable bonds is 3. The van der Waals surface area contributed by atoms with Gasteiger partial charge in [0.25, 0.3) is 0 Å². The van der Waals surface area contributed by atoms with Crippen LogP contribution in [-0.2, 0) is 6.54 Å². The van der Waals surface area contributed by atoms with E-state index in [4.69, 9.17) is 0 Å². The normalized spacial score (nSPS) is 11.4. The summed E-state index contributed by atoms with van der Waals surface area (Å²) in [5, 5.41) is 2.76. The first-order valence-corrected chi connectivity index (χ1v) is 9.74. The zero-order chi connectivity index (χ0) is 17.5. The Balaban J connectivity index is 1.85. The Morgan fingerprint density at radius 3 is 2.19 bits per heavy atom. The number of thiophene rings is 1. The van der Waals surface area contributed by atoms with Crippen molar-refractivity contribution in [1.82, 2.24) is 4.57 Å². The number of hydrogen-bond acceptors (Lipinski definition) is 1. The van der Waals surface area contributed by atoms with Crippen LogP contribution in [0.2, 0.25) is 0 Å². The zero-order valence-electron chi connectivity index (χ0n) is 14.6. The zero-order valence-corrected chi connectivity index (χ0v) is 15.5. The van der Waals surface area contributed by atoms with Crippen LogP contribution in [0.4, 0.5) is 0 Å². The minimum absolute atomic E-state index is 0.895. The molecule has 0 saturated carbocycles. The van der Waals surface area contributed by atoms with Crippen molar-refractivity contribution in [3.05, 3.63) is 96.2 Å². The Labute approximate surface area is 157 Å². The molecule has 0 unspecified atom stereocenters. The lowest BCUT2D eigenvalue weighted by Gasteiger charge is -2.13. The molecule has 0 atom stereocenters. The molecule has 5 rings (SSSR count). The maximum Gasteiger partial charge on any atom is 0.0580 e. The van der Waals surface area contributed by atoms with Crippen molar-refractivity contribution in [1.29, 1.82) is 0 Å². The first-order chi connectivity index (χ1) is 12.8. The molecule has 1 nitrogen and oxygen atoms in total. The van der Waals surface area contributed by atoms with E-state index in [2.05, 4.69) is 96.4 Å². The van der Waals surface area contributed by atoms with Crippen LogP contribution in [0.1, 0.15) is 11.3 Å². The van der Waals surface area contributed by atoms with E-state index in [0.717, 1.165) is 6.54 Å². The van der Waals surface area contributed by atoms with Crippen LogP contribution in [0, 0.1) is 6.92 Å². The molecule has 0 aliphatic heterocycles. The first kappa shape index (κ1) is 15.4.